The van der Waals surface area contributed by atoms with E-state index in [1.165, 1.54) is 0 Å². The fraction of sp³-hybridized carbons (Fsp3) is 0.733. The van der Waals surface area contributed by atoms with Crippen LogP contribution in [0.1, 0.15) is 118 Å². The van der Waals surface area contributed by atoms with Gasteiger partial charge >= 0.3 is 21.7 Å². The van der Waals surface area contributed by atoms with Crippen molar-refractivity contribution in [2.45, 2.75) is 119 Å². The number of nitrogens with zero attached hydrogens (tertiary/aromatic N) is 6. The predicted octanol–water partition coefficient (Wildman–Crippen LogP) is 6.14. The van der Waals surface area contributed by atoms with Crippen LogP contribution in [0, 0.1) is 13.8 Å². The molecule has 2 aromatic heterocycles. The van der Waals surface area contributed by atoms with Gasteiger partial charge in [0.2, 0.25) is 0 Å². The summed E-state index contributed by atoms with van der Waals surface area (Å²) in [6, 6.07) is 0. The molecule has 0 aliphatic rings. The summed E-state index contributed by atoms with van der Waals surface area (Å²) in [5.41, 5.74) is 1.54. The van der Waals surface area contributed by atoms with Crippen molar-refractivity contribution in [3.63, 3.8) is 0 Å². The molecule has 0 aromatic carbocycles. The van der Waals surface area contributed by atoms with Crippen LogP contribution in [0.4, 0.5) is 0 Å². The monoisotopic (exact) mass is 578 g/mol. The standard InChI is InChI=1S/2C13H22N2O.2C2H6N.Ti/c2*1-8-14-10(12(2,3)4)9(16)11(15-8)13(5,6)7;2*1-3-2;/h2*16H,1-7H3;2*1-2H3;/q;;2*-1;+4/p-2. The molecule has 0 amide bonds. The van der Waals surface area contributed by atoms with Gasteiger partial charge in [-0.3, -0.25) is 0 Å². The zero-order valence-corrected chi connectivity index (χ0v) is 29.6. The van der Waals surface area contributed by atoms with Crippen LogP contribution in [-0.4, -0.2) is 48.1 Å². The number of aryl methyl sites for hydroxylation is 2. The topological polar surface area (TPSA) is 126 Å². The molecule has 0 saturated heterocycles. The molecule has 2 rings (SSSR count). The van der Waals surface area contributed by atoms with Crippen LogP contribution in [0.5, 0.6) is 11.5 Å². The third-order valence-corrected chi connectivity index (χ3v) is 4.80. The minimum absolute atomic E-state index is 0. The van der Waals surface area contributed by atoms with E-state index >= 15 is 0 Å². The Morgan fingerprint density at radius 1 is 0.436 bits per heavy atom. The second kappa shape index (κ2) is 16.6. The molecule has 0 spiro atoms. The van der Waals surface area contributed by atoms with E-state index in [1.54, 1.807) is 28.2 Å². The summed E-state index contributed by atoms with van der Waals surface area (Å²) in [4.78, 5) is 17.2. The Labute approximate surface area is 254 Å². The molecule has 0 fully saturated rings. The number of aromatic nitrogens is 4. The van der Waals surface area contributed by atoms with E-state index in [0.29, 0.717) is 34.4 Å². The molecule has 0 N–H and O–H groups in total. The molecule has 39 heavy (non-hydrogen) atoms. The maximum Gasteiger partial charge on any atom is 4.00 e. The minimum Gasteiger partial charge on any atom is -0.870 e. The fourth-order valence-electron chi connectivity index (χ4n) is 3.16. The molecule has 0 saturated carbocycles. The summed E-state index contributed by atoms with van der Waals surface area (Å²) in [5.74, 6) is 1.33. The van der Waals surface area contributed by atoms with Gasteiger partial charge in [-0.1, -0.05) is 94.6 Å². The second-order valence-corrected chi connectivity index (χ2v) is 13.5. The van der Waals surface area contributed by atoms with Crippen molar-refractivity contribution >= 4 is 0 Å². The fourth-order valence-corrected chi connectivity index (χ4v) is 3.16. The van der Waals surface area contributed by atoms with Crippen molar-refractivity contribution in [3.8, 4) is 11.5 Å². The van der Waals surface area contributed by atoms with E-state index in [4.69, 9.17) is 0 Å². The zero-order chi connectivity index (χ0) is 30.9. The van der Waals surface area contributed by atoms with Gasteiger partial charge in [-0.05, 0) is 13.8 Å². The van der Waals surface area contributed by atoms with Crippen molar-refractivity contribution in [1.82, 2.24) is 19.9 Å². The summed E-state index contributed by atoms with van der Waals surface area (Å²) in [6.45, 7) is 27.7. The van der Waals surface area contributed by atoms with Crippen LogP contribution in [0.2, 0.25) is 0 Å². The van der Waals surface area contributed by atoms with E-state index in [-0.39, 0.29) is 54.9 Å². The van der Waals surface area contributed by atoms with E-state index in [9.17, 15) is 10.2 Å². The van der Waals surface area contributed by atoms with Gasteiger partial charge in [-0.25, -0.2) is 19.9 Å². The van der Waals surface area contributed by atoms with Crippen LogP contribution in [0.15, 0.2) is 0 Å². The number of hydrogen-bond donors (Lipinski definition) is 0. The van der Waals surface area contributed by atoms with Crippen molar-refractivity contribution in [3.05, 3.63) is 45.1 Å². The summed E-state index contributed by atoms with van der Waals surface area (Å²) >= 11 is 0. The van der Waals surface area contributed by atoms with E-state index < -0.39 is 0 Å². The van der Waals surface area contributed by atoms with Gasteiger partial charge in [0.25, 0.3) is 0 Å². The quantitative estimate of drug-likeness (QED) is 0.346. The summed E-state index contributed by atoms with van der Waals surface area (Å²) in [7, 11) is 7.00. The first-order chi connectivity index (χ1) is 16.9. The molecule has 0 aliphatic carbocycles. The molecule has 0 unspecified atom stereocenters. The zero-order valence-electron chi connectivity index (χ0n) is 28.0. The van der Waals surface area contributed by atoms with Crippen molar-refractivity contribution < 1.29 is 31.9 Å². The van der Waals surface area contributed by atoms with Crippen LogP contribution in [-0.2, 0) is 43.4 Å². The van der Waals surface area contributed by atoms with Gasteiger partial charge in [-0.2, -0.15) is 28.2 Å². The van der Waals surface area contributed by atoms with Crippen molar-refractivity contribution in [1.29, 1.82) is 0 Å². The van der Waals surface area contributed by atoms with E-state index in [1.807, 2.05) is 96.9 Å². The Kier molecular flexibility index (Phi) is 17.8. The molecule has 2 aromatic rings. The second-order valence-electron chi connectivity index (χ2n) is 13.5. The van der Waals surface area contributed by atoms with Crippen molar-refractivity contribution in [2.24, 2.45) is 0 Å². The molecule has 2 heterocycles. The van der Waals surface area contributed by atoms with Crippen LogP contribution < -0.4 is 10.2 Å². The Hall–Kier alpha value is -1.61. The Morgan fingerprint density at radius 3 is 0.667 bits per heavy atom. The van der Waals surface area contributed by atoms with Gasteiger partial charge in [0, 0.05) is 44.4 Å². The molecule has 0 atom stereocenters. The van der Waals surface area contributed by atoms with Crippen molar-refractivity contribution in [2.75, 3.05) is 28.2 Å². The number of rotatable bonds is 0. The Bertz CT molecular complexity index is 847. The van der Waals surface area contributed by atoms with E-state index in [0.717, 1.165) is 0 Å². The smallest absolute Gasteiger partial charge is 0.870 e. The largest absolute Gasteiger partial charge is 4.00 e. The summed E-state index contributed by atoms with van der Waals surface area (Å²) in [5, 5.41) is 31.6. The molecule has 0 aliphatic heterocycles. The first kappa shape index (κ1) is 41.9. The number of hydrogen-bond acceptors (Lipinski definition) is 6. The summed E-state index contributed by atoms with van der Waals surface area (Å²) < 4.78 is 0. The molecule has 220 valence electrons. The molecular formula is C30H54N6O2Ti. The first-order valence-electron chi connectivity index (χ1n) is 13.0. The van der Waals surface area contributed by atoms with Gasteiger partial charge in [0.15, 0.2) is 0 Å². The van der Waals surface area contributed by atoms with Gasteiger partial charge in [-0.15, -0.1) is 0 Å². The molecule has 9 heteroatoms. The van der Waals surface area contributed by atoms with Gasteiger partial charge in [0.05, 0.1) is 0 Å². The van der Waals surface area contributed by atoms with Gasteiger partial charge < -0.3 is 20.8 Å². The molecule has 0 bridgehead atoms. The third kappa shape index (κ3) is 14.6. The molecule has 8 nitrogen and oxygen atoms in total. The van der Waals surface area contributed by atoms with Gasteiger partial charge in [0.1, 0.15) is 11.6 Å². The molecular weight excluding hydrogens is 524 g/mol. The van der Waals surface area contributed by atoms with Crippen LogP contribution in [0.25, 0.3) is 10.6 Å². The normalized spacial score (nSPS) is 11.5. The van der Waals surface area contributed by atoms with Crippen LogP contribution in [0.3, 0.4) is 0 Å². The minimum atomic E-state index is -0.231. The average molecular weight is 579 g/mol. The maximum atomic E-state index is 12.3. The average Bonchev–Trinajstić information content (AvgIpc) is 2.69. The maximum absolute atomic E-state index is 12.3. The summed E-state index contributed by atoms with van der Waals surface area (Å²) in [6.07, 6.45) is 0. The molecule has 0 radical (unpaired) electrons. The SMILES string of the molecule is C[N-]C.C[N-]C.Cc1nc(C(C)(C)C)c([O-])c(C(C)(C)C)n1.Cc1nc(C(C)(C)C)c([O-])c(C(C)(C)C)n1.[Ti+4]. The Balaban J connectivity index is -0.000000541. The van der Waals surface area contributed by atoms with E-state index in [2.05, 4.69) is 30.6 Å². The third-order valence-electron chi connectivity index (χ3n) is 4.80. The van der Waals surface area contributed by atoms with Crippen LogP contribution >= 0.6 is 0 Å². The first-order valence-corrected chi connectivity index (χ1v) is 13.0. The Morgan fingerprint density at radius 2 is 0.564 bits per heavy atom. The predicted molar refractivity (Wildman–Crippen MR) is 158 cm³/mol.